The van der Waals surface area contributed by atoms with Crippen molar-refractivity contribution < 1.29 is 17.9 Å². The molecule has 0 unspecified atom stereocenters. The summed E-state index contributed by atoms with van der Waals surface area (Å²) in [5, 5.41) is 0.100. The smallest absolute Gasteiger partial charge is 0.261 e. The third kappa shape index (κ3) is 4.49. The first-order valence-corrected chi connectivity index (χ1v) is 9.21. The van der Waals surface area contributed by atoms with Crippen molar-refractivity contribution in [2.75, 3.05) is 19.7 Å². The fourth-order valence-electron chi connectivity index (χ4n) is 2.12. The van der Waals surface area contributed by atoms with Crippen LogP contribution in [0.5, 0.6) is 5.75 Å². The quantitative estimate of drug-likeness (QED) is 0.782. The molecule has 1 amide bonds. The van der Waals surface area contributed by atoms with Gasteiger partial charge in [-0.1, -0.05) is 11.6 Å². The third-order valence-corrected chi connectivity index (χ3v) is 4.89. The lowest BCUT2D eigenvalue weighted by atomic mass is 10.1. The van der Waals surface area contributed by atoms with E-state index >= 15 is 0 Å². The Kier molecular flexibility index (Phi) is 5.35. The van der Waals surface area contributed by atoms with Gasteiger partial charge >= 0.3 is 0 Å². The molecule has 2 rings (SSSR count). The van der Waals surface area contributed by atoms with E-state index in [4.69, 9.17) is 27.0 Å². The molecule has 1 fully saturated rings. The number of hydrogen-bond acceptors (Lipinski definition) is 4. The van der Waals surface area contributed by atoms with Crippen LogP contribution in [0.4, 0.5) is 0 Å². The van der Waals surface area contributed by atoms with Gasteiger partial charge in [0.2, 0.25) is 0 Å². The van der Waals surface area contributed by atoms with Crippen LogP contribution in [0, 0.1) is 0 Å². The van der Waals surface area contributed by atoms with Crippen molar-refractivity contribution in [2.24, 2.45) is 0 Å². The molecule has 116 valence electrons. The van der Waals surface area contributed by atoms with Crippen LogP contribution >= 0.6 is 22.3 Å². The van der Waals surface area contributed by atoms with E-state index in [0.29, 0.717) is 0 Å². The number of piperidine rings is 1. The zero-order valence-corrected chi connectivity index (χ0v) is 13.5. The highest BCUT2D eigenvalue weighted by molar-refractivity contribution is 8.13. The Labute approximate surface area is 133 Å². The lowest BCUT2D eigenvalue weighted by Gasteiger charge is -2.26. The number of rotatable bonds is 4. The molecule has 1 aromatic rings. The van der Waals surface area contributed by atoms with E-state index in [1.165, 1.54) is 18.2 Å². The second-order valence-electron chi connectivity index (χ2n) is 4.76. The summed E-state index contributed by atoms with van der Waals surface area (Å²) < 4.78 is 27.7. The molecule has 8 heteroatoms. The number of carbonyl (C=O) groups excluding carboxylic acids is 1. The Balaban J connectivity index is 1.98. The highest BCUT2D eigenvalue weighted by atomic mass is 35.7. The number of nitrogens with zero attached hydrogens (tertiary/aromatic N) is 1. The molecule has 0 radical (unpaired) electrons. The standard InChI is InChI=1S/C13H15Cl2NO4S/c14-11-8-10(21(15,18)19)4-5-12(11)20-9-13(17)16-6-2-1-3-7-16/h4-5,8H,1-3,6-7,9H2. The molecular weight excluding hydrogens is 337 g/mol. The summed E-state index contributed by atoms with van der Waals surface area (Å²) in [7, 11) is 1.39. The second-order valence-corrected chi connectivity index (χ2v) is 7.73. The van der Waals surface area contributed by atoms with Crippen LogP contribution in [-0.4, -0.2) is 38.9 Å². The molecule has 0 N–H and O–H groups in total. The summed E-state index contributed by atoms with van der Waals surface area (Å²) in [6.07, 6.45) is 3.16. The average Bonchev–Trinajstić information content (AvgIpc) is 2.45. The normalized spacial score (nSPS) is 15.8. The van der Waals surface area contributed by atoms with E-state index in [2.05, 4.69) is 0 Å². The summed E-state index contributed by atoms with van der Waals surface area (Å²) in [5.41, 5.74) is 0. The summed E-state index contributed by atoms with van der Waals surface area (Å²) in [5.74, 6) is 0.158. The van der Waals surface area contributed by atoms with Crippen molar-refractivity contribution in [3.63, 3.8) is 0 Å². The minimum Gasteiger partial charge on any atom is -0.482 e. The molecule has 1 saturated heterocycles. The molecule has 0 saturated carbocycles. The number of hydrogen-bond donors (Lipinski definition) is 0. The third-order valence-electron chi connectivity index (χ3n) is 3.24. The Morgan fingerprint density at radius 2 is 1.90 bits per heavy atom. The van der Waals surface area contributed by atoms with Crippen molar-refractivity contribution in [3.05, 3.63) is 23.2 Å². The minimum atomic E-state index is -3.83. The van der Waals surface area contributed by atoms with Crippen molar-refractivity contribution >= 4 is 37.2 Å². The average molecular weight is 352 g/mol. The van der Waals surface area contributed by atoms with Crippen LogP contribution in [-0.2, 0) is 13.8 Å². The van der Waals surface area contributed by atoms with Gasteiger partial charge in [0.05, 0.1) is 9.92 Å². The number of likely N-dealkylation sites (tertiary alicyclic amines) is 1. The number of benzene rings is 1. The van der Waals surface area contributed by atoms with E-state index in [-0.39, 0.29) is 28.2 Å². The molecule has 0 atom stereocenters. The molecule has 0 spiro atoms. The molecule has 5 nitrogen and oxygen atoms in total. The number of carbonyl (C=O) groups is 1. The fraction of sp³-hybridized carbons (Fsp3) is 0.462. The van der Waals surface area contributed by atoms with Gasteiger partial charge in [-0.15, -0.1) is 0 Å². The maximum atomic E-state index is 11.9. The predicted octanol–water partition coefficient (Wildman–Crippen LogP) is 2.66. The highest BCUT2D eigenvalue weighted by Gasteiger charge is 2.18. The summed E-state index contributed by atoms with van der Waals surface area (Å²) >= 11 is 5.93. The van der Waals surface area contributed by atoms with Crippen LogP contribution in [0.15, 0.2) is 23.1 Å². The van der Waals surface area contributed by atoms with Crippen LogP contribution in [0.25, 0.3) is 0 Å². The molecule has 1 aliphatic rings. The molecule has 0 aromatic heterocycles. The van der Waals surface area contributed by atoms with Crippen molar-refractivity contribution in [3.8, 4) is 5.75 Å². The van der Waals surface area contributed by atoms with E-state index in [0.717, 1.165) is 32.4 Å². The van der Waals surface area contributed by atoms with Crippen molar-refractivity contribution in [2.45, 2.75) is 24.2 Å². The van der Waals surface area contributed by atoms with Gasteiger partial charge in [-0.05, 0) is 37.5 Å². The van der Waals surface area contributed by atoms with Gasteiger partial charge in [0.15, 0.2) is 6.61 Å². The topological polar surface area (TPSA) is 63.7 Å². The Hall–Kier alpha value is -0.980. The van der Waals surface area contributed by atoms with E-state index in [1.807, 2.05) is 0 Å². The van der Waals surface area contributed by atoms with Gasteiger partial charge in [-0.2, -0.15) is 0 Å². The Bertz CT molecular complexity index is 627. The maximum absolute atomic E-state index is 11.9. The lowest BCUT2D eigenvalue weighted by molar-refractivity contribution is -0.134. The molecule has 1 heterocycles. The number of halogens is 2. The highest BCUT2D eigenvalue weighted by Crippen LogP contribution is 2.28. The van der Waals surface area contributed by atoms with Gasteiger partial charge in [-0.25, -0.2) is 8.42 Å². The zero-order chi connectivity index (χ0) is 15.5. The van der Waals surface area contributed by atoms with Crippen LogP contribution in [0.2, 0.25) is 5.02 Å². The zero-order valence-electron chi connectivity index (χ0n) is 11.2. The SMILES string of the molecule is O=C(COc1ccc(S(=O)(=O)Cl)cc1Cl)N1CCCCC1. The fourth-order valence-corrected chi connectivity index (χ4v) is 3.20. The molecular formula is C13H15Cl2NO4S. The number of amides is 1. The molecule has 21 heavy (non-hydrogen) atoms. The first kappa shape index (κ1) is 16.4. The van der Waals surface area contributed by atoms with E-state index in [1.54, 1.807) is 4.90 Å². The summed E-state index contributed by atoms with van der Waals surface area (Å²) in [6.45, 7) is 1.38. The Morgan fingerprint density at radius 3 is 2.48 bits per heavy atom. The van der Waals surface area contributed by atoms with Crippen LogP contribution in [0.3, 0.4) is 0 Å². The first-order valence-electron chi connectivity index (χ1n) is 6.53. The van der Waals surface area contributed by atoms with Gasteiger partial charge in [-0.3, -0.25) is 4.79 Å². The number of ether oxygens (including phenoxy) is 1. The van der Waals surface area contributed by atoms with Crippen molar-refractivity contribution in [1.82, 2.24) is 4.90 Å². The largest absolute Gasteiger partial charge is 0.482 e. The maximum Gasteiger partial charge on any atom is 0.261 e. The second kappa shape index (κ2) is 6.85. The first-order chi connectivity index (χ1) is 9.88. The predicted molar refractivity (Wildman–Crippen MR) is 80.4 cm³/mol. The van der Waals surface area contributed by atoms with Crippen LogP contribution in [0.1, 0.15) is 19.3 Å². The Morgan fingerprint density at radius 1 is 1.24 bits per heavy atom. The summed E-state index contributed by atoms with van der Waals surface area (Å²) in [6, 6.07) is 3.88. The van der Waals surface area contributed by atoms with Gasteiger partial charge in [0, 0.05) is 23.8 Å². The van der Waals surface area contributed by atoms with E-state index < -0.39 is 9.05 Å². The van der Waals surface area contributed by atoms with Gasteiger partial charge < -0.3 is 9.64 Å². The van der Waals surface area contributed by atoms with Crippen LogP contribution < -0.4 is 4.74 Å². The lowest BCUT2D eigenvalue weighted by Crippen LogP contribution is -2.38. The molecule has 1 aliphatic heterocycles. The van der Waals surface area contributed by atoms with Crippen molar-refractivity contribution in [1.29, 1.82) is 0 Å². The molecule has 1 aromatic carbocycles. The van der Waals surface area contributed by atoms with E-state index in [9.17, 15) is 13.2 Å². The summed E-state index contributed by atoms with van der Waals surface area (Å²) in [4.78, 5) is 13.6. The molecule has 0 aliphatic carbocycles. The minimum absolute atomic E-state index is 0.0974. The van der Waals surface area contributed by atoms with Gasteiger partial charge in [0.25, 0.3) is 15.0 Å². The monoisotopic (exact) mass is 351 g/mol. The van der Waals surface area contributed by atoms with Gasteiger partial charge in [0.1, 0.15) is 5.75 Å². The molecule has 0 bridgehead atoms.